The van der Waals surface area contributed by atoms with E-state index in [-0.39, 0.29) is 36.6 Å². The summed E-state index contributed by atoms with van der Waals surface area (Å²) in [6.45, 7) is 0.290. The predicted molar refractivity (Wildman–Crippen MR) is 141 cm³/mol. The zero-order chi connectivity index (χ0) is 26.5. The molecule has 9 heteroatoms. The average Bonchev–Trinajstić information content (AvgIpc) is 3.28. The molecular weight excluding hydrogens is 489 g/mol. The largest absolute Gasteiger partial charge is 0.487 e. The van der Waals surface area contributed by atoms with Crippen molar-refractivity contribution in [3.05, 3.63) is 89.7 Å². The molecule has 0 bridgehead atoms. The van der Waals surface area contributed by atoms with Crippen LogP contribution in [0.2, 0.25) is 0 Å². The summed E-state index contributed by atoms with van der Waals surface area (Å²) in [6.07, 6.45) is 0.0844. The fourth-order valence-corrected chi connectivity index (χ4v) is 5.08. The molecule has 4 atom stereocenters. The van der Waals surface area contributed by atoms with E-state index in [4.69, 9.17) is 9.47 Å². The highest BCUT2D eigenvalue weighted by Gasteiger charge is 2.46. The first-order valence-electron chi connectivity index (χ1n) is 12.7. The molecule has 0 radical (unpaired) electrons. The van der Waals surface area contributed by atoms with Crippen LogP contribution in [0.25, 0.3) is 0 Å². The van der Waals surface area contributed by atoms with E-state index in [2.05, 4.69) is 16.0 Å². The number of hydrogen-bond donors (Lipinski definition) is 4. The van der Waals surface area contributed by atoms with Gasteiger partial charge in [-0.3, -0.25) is 4.79 Å². The van der Waals surface area contributed by atoms with Crippen molar-refractivity contribution in [1.29, 1.82) is 0 Å². The third-order valence-electron chi connectivity index (χ3n) is 6.87. The summed E-state index contributed by atoms with van der Waals surface area (Å²) in [4.78, 5) is 25.1. The number of rotatable bonds is 8. The minimum absolute atomic E-state index is 0.0784. The lowest BCUT2D eigenvalue weighted by Gasteiger charge is -2.37. The van der Waals surface area contributed by atoms with Crippen molar-refractivity contribution in [3.8, 4) is 5.75 Å². The molecule has 0 saturated carbocycles. The van der Waals surface area contributed by atoms with Gasteiger partial charge in [0.1, 0.15) is 23.8 Å². The number of hydrogen-bond acceptors (Lipinski definition) is 5. The summed E-state index contributed by atoms with van der Waals surface area (Å²) >= 11 is 0. The van der Waals surface area contributed by atoms with E-state index in [9.17, 15) is 19.1 Å². The Labute approximate surface area is 220 Å². The van der Waals surface area contributed by atoms with E-state index in [1.165, 1.54) is 12.1 Å². The highest BCUT2D eigenvalue weighted by Crippen LogP contribution is 2.47. The van der Waals surface area contributed by atoms with Crippen LogP contribution in [-0.2, 0) is 16.0 Å². The van der Waals surface area contributed by atoms with Gasteiger partial charge < -0.3 is 30.5 Å². The fraction of sp³-hybridized carbons (Fsp3) is 0.310. The number of halogens is 1. The normalized spacial score (nSPS) is 21.5. The lowest BCUT2D eigenvalue weighted by Crippen LogP contribution is -2.47. The van der Waals surface area contributed by atoms with Crippen molar-refractivity contribution in [1.82, 2.24) is 5.32 Å². The number of amides is 3. The van der Waals surface area contributed by atoms with Crippen LogP contribution in [-0.4, -0.2) is 48.5 Å². The fourth-order valence-electron chi connectivity index (χ4n) is 5.08. The van der Waals surface area contributed by atoms with Crippen molar-refractivity contribution < 1.29 is 28.6 Å². The molecule has 1 fully saturated rings. The van der Waals surface area contributed by atoms with Crippen LogP contribution < -0.4 is 20.7 Å². The Hall–Kier alpha value is -3.95. The molecular formula is C29H30FN3O5. The number of ether oxygens (including phenoxy) is 2. The first kappa shape index (κ1) is 25.7. The van der Waals surface area contributed by atoms with Gasteiger partial charge in [-0.15, -0.1) is 0 Å². The van der Waals surface area contributed by atoms with E-state index < -0.39 is 24.1 Å². The number of benzene rings is 3. The Bertz CT molecular complexity index is 1290. The monoisotopic (exact) mass is 519 g/mol. The molecule has 38 heavy (non-hydrogen) atoms. The van der Waals surface area contributed by atoms with Crippen molar-refractivity contribution in [2.75, 3.05) is 23.8 Å². The molecule has 8 nitrogen and oxygen atoms in total. The van der Waals surface area contributed by atoms with E-state index in [0.29, 0.717) is 24.4 Å². The third-order valence-corrected chi connectivity index (χ3v) is 6.87. The average molecular weight is 520 g/mol. The summed E-state index contributed by atoms with van der Waals surface area (Å²) in [5.74, 6) is -0.106. The zero-order valence-corrected chi connectivity index (χ0v) is 20.7. The van der Waals surface area contributed by atoms with Gasteiger partial charge in [0.25, 0.3) is 0 Å². The molecule has 2 heterocycles. The van der Waals surface area contributed by atoms with Crippen molar-refractivity contribution in [2.45, 2.75) is 43.5 Å². The minimum Gasteiger partial charge on any atom is -0.487 e. The van der Waals surface area contributed by atoms with Gasteiger partial charge in [0.05, 0.1) is 24.8 Å². The molecule has 5 rings (SSSR count). The van der Waals surface area contributed by atoms with Gasteiger partial charge in [-0.25, -0.2) is 9.18 Å². The van der Waals surface area contributed by atoms with Crippen LogP contribution >= 0.6 is 0 Å². The van der Waals surface area contributed by atoms with E-state index in [1.807, 2.05) is 36.4 Å². The van der Waals surface area contributed by atoms with Crippen molar-refractivity contribution in [2.24, 2.45) is 0 Å². The number of urea groups is 1. The molecule has 2 aliphatic heterocycles. The maximum atomic E-state index is 13.9. The maximum Gasteiger partial charge on any atom is 0.323 e. The zero-order valence-electron chi connectivity index (χ0n) is 20.7. The van der Waals surface area contributed by atoms with Gasteiger partial charge in [0, 0.05) is 23.7 Å². The maximum absolute atomic E-state index is 13.9. The highest BCUT2D eigenvalue weighted by atomic mass is 19.1. The number of carbonyl (C=O) groups is 2. The number of aliphatic hydroxyl groups is 1. The second-order valence-electron chi connectivity index (χ2n) is 9.51. The molecule has 198 valence electrons. The Morgan fingerprint density at radius 2 is 1.79 bits per heavy atom. The lowest BCUT2D eigenvalue weighted by molar-refractivity contribution is -0.142. The third kappa shape index (κ3) is 5.95. The topological polar surface area (TPSA) is 109 Å². The molecule has 0 aliphatic carbocycles. The summed E-state index contributed by atoms with van der Waals surface area (Å²) in [5.41, 5.74) is 2.62. The first-order valence-corrected chi connectivity index (χ1v) is 12.7. The summed E-state index contributed by atoms with van der Waals surface area (Å²) < 4.78 is 26.0. The predicted octanol–water partition coefficient (Wildman–Crippen LogP) is 4.21. The van der Waals surface area contributed by atoms with Gasteiger partial charge >= 0.3 is 6.03 Å². The Morgan fingerprint density at radius 3 is 2.58 bits per heavy atom. The van der Waals surface area contributed by atoms with Crippen molar-refractivity contribution >= 4 is 23.3 Å². The number of aliphatic hydroxyl groups excluding tert-OH is 1. The van der Waals surface area contributed by atoms with E-state index in [0.717, 1.165) is 17.5 Å². The van der Waals surface area contributed by atoms with Gasteiger partial charge in [0.15, 0.2) is 0 Å². The van der Waals surface area contributed by atoms with Crippen LogP contribution in [0.3, 0.4) is 0 Å². The molecule has 0 aromatic heterocycles. The summed E-state index contributed by atoms with van der Waals surface area (Å²) in [6, 6.07) is 20.6. The lowest BCUT2D eigenvalue weighted by atomic mass is 9.84. The first-order chi connectivity index (χ1) is 18.5. The van der Waals surface area contributed by atoms with Gasteiger partial charge in [0.2, 0.25) is 5.91 Å². The SMILES string of the molecule is O=C(C[C@@H]1C[C@H]2c3cc(NC(=O)Nc4ccccc4F)ccc3O[C@H]2[C@@H](CO)O1)NCCc1ccccc1. The smallest absolute Gasteiger partial charge is 0.323 e. The van der Waals surface area contributed by atoms with E-state index in [1.54, 1.807) is 24.3 Å². The minimum atomic E-state index is -0.580. The number of carbonyl (C=O) groups excluding carboxylic acids is 2. The number of para-hydroxylation sites is 1. The van der Waals surface area contributed by atoms with Crippen LogP contribution in [0.5, 0.6) is 5.75 Å². The van der Waals surface area contributed by atoms with Gasteiger partial charge in [-0.1, -0.05) is 42.5 Å². The second-order valence-corrected chi connectivity index (χ2v) is 9.51. The Balaban J connectivity index is 1.21. The molecule has 2 aliphatic rings. The van der Waals surface area contributed by atoms with Gasteiger partial charge in [-0.05, 0) is 48.7 Å². The quantitative estimate of drug-likeness (QED) is 0.357. The van der Waals surface area contributed by atoms with Crippen LogP contribution in [0.1, 0.15) is 29.9 Å². The number of anilines is 2. The van der Waals surface area contributed by atoms with Crippen molar-refractivity contribution in [3.63, 3.8) is 0 Å². The highest BCUT2D eigenvalue weighted by molar-refractivity contribution is 6.00. The molecule has 3 amide bonds. The summed E-state index contributed by atoms with van der Waals surface area (Å²) in [5, 5.41) is 18.2. The molecule has 0 unspecified atom stereocenters. The molecule has 0 spiro atoms. The van der Waals surface area contributed by atoms with E-state index >= 15 is 0 Å². The Kier molecular flexibility index (Phi) is 7.86. The van der Waals surface area contributed by atoms with Crippen LogP contribution in [0.4, 0.5) is 20.6 Å². The van der Waals surface area contributed by atoms with Gasteiger partial charge in [-0.2, -0.15) is 0 Å². The molecule has 1 saturated heterocycles. The van der Waals surface area contributed by atoms with Crippen LogP contribution in [0.15, 0.2) is 72.8 Å². The number of nitrogens with one attached hydrogen (secondary N) is 3. The number of fused-ring (bicyclic) bond motifs is 3. The molecule has 3 aromatic carbocycles. The summed E-state index contributed by atoms with van der Waals surface area (Å²) in [7, 11) is 0. The standard InChI is InChI=1S/C29H30FN3O5/c30-23-8-4-5-9-24(23)33-29(36)32-19-10-11-25-21(14-19)22-15-20(37-26(17-34)28(22)38-25)16-27(35)31-13-12-18-6-2-1-3-7-18/h1-11,14,20,22,26,28,34H,12-13,15-17H2,(H,31,35)(H2,32,33,36)/t20-,22-,26+,28+/m0/s1. The molecule has 3 aromatic rings. The second kappa shape index (κ2) is 11.6. The Morgan fingerprint density at radius 1 is 1.00 bits per heavy atom. The molecule has 4 N–H and O–H groups in total. The van der Waals surface area contributed by atoms with Crippen LogP contribution in [0, 0.1) is 5.82 Å².